The van der Waals surface area contributed by atoms with E-state index < -0.39 is 0 Å². The number of hydrogen-bond acceptors (Lipinski definition) is 14. The molecule has 0 saturated heterocycles. The van der Waals surface area contributed by atoms with Gasteiger partial charge in [-0.2, -0.15) is 0 Å². The van der Waals surface area contributed by atoms with Gasteiger partial charge in [0.15, 0.2) is 0 Å². The SMILES string of the molecule is c1cc(-c2ccc(-c3ccnc4c3ccc3cccnc34)cc2)cc(-c2nc3ccccc3c3c2ccc2c4ccccc4oc23)c1.c1cc(-c2ccc(-c3ccnc4c3ccc3cccnc34)cn2)cc(-c2nc3ccccc3c3c2ccc2c4ccccc4oc23)c1.c1cc(-c2ccc(-c3ccnc4c3ccc3cccnc34)nc2)cc(-c2nc3ccccc3c3c2ccc2c4ccccc4oc23)c1. The molecule has 654 valence electrons. The molecule has 30 rings (SSSR count). The van der Waals surface area contributed by atoms with E-state index in [0.717, 1.165) is 297 Å². The van der Waals surface area contributed by atoms with Gasteiger partial charge in [-0.05, 0) is 155 Å². The molecule has 14 nitrogen and oxygen atoms in total. The van der Waals surface area contributed by atoms with Crippen molar-refractivity contribution in [1.82, 2.24) is 54.8 Å². The Labute approximate surface area is 803 Å². The van der Waals surface area contributed by atoms with Gasteiger partial charge in [0.25, 0.3) is 0 Å². The molecule has 0 radical (unpaired) electrons. The molecule has 14 heterocycles. The smallest absolute Gasteiger partial charge is 0.144 e. The van der Waals surface area contributed by atoms with E-state index in [0.29, 0.717) is 0 Å². The molecular weight excluding hydrogens is 1730 g/mol. The van der Waals surface area contributed by atoms with Crippen LogP contribution in [0.3, 0.4) is 0 Å². The van der Waals surface area contributed by atoms with Gasteiger partial charge in [0.05, 0.1) is 78.1 Å². The number of rotatable bonds is 9. The molecule has 0 amide bonds. The summed E-state index contributed by atoms with van der Waals surface area (Å²) >= 11 is 0. The van der Waals surface area contributed by atoms with Gasteiger partial charge in [-0.15, -0.1) is 0 Å². The van der Waals surface area contributed by atoms with Crippen LogP contribution in [0.5, 0.6) is 0 Å². The highest BCUT2D eigenvalue weighted by molar-refractivity contribution is 6.28. The van der Waals surface area contributed by atoms with Gasteiger partial charge in [0.2, 0.25) is 0 Å². The van der Waals surface area contributed by atoms with E-state index in [1.165, 1.54) is 0 Å². The third-order valence-electron chi connectivity index (χ3n) is 27.8. The molecule has 0 aliphatic carbocycles. The predicted octanol–water partition coefficient (Wildman–Crippen LogP) is 32.9. The molecule has 0 aliphatic rings. The first-order valence-electron chi connectivity index (χ1n) is 47.0. The Balaban J connectivity index is 0.000000104. The fourth-order valence-electron chi connectivity index (χ4n) is 21.1. The lowest BCUT2D eigenvalue weighted by atomic mass is 9.94. The Kier molecular flexibility index (Phi) is 18.6. The van der Waals surface area contributed by atoms with Crippen LogP contribution in [0.1, 0.15) is 0 Å². The third kappa shape index (κ3) is 13.4. The van der Waals surface area contributed by atoms with Crippen LogP contribution < -0.4 is 0 Å². The maximum absolute atomic E-state index is 6.52. The molecule has 30 aromatic rings. The maximum Gasteiger partial charge on any atom is 0.144 e. The van der Waals surface area contributed by atoms with Gasteiger partial charge in [-0.1, -0.05) is 273 Å². The second-order valence-corrected chi connectivity index (χ2v) is 35.7. The quantitative estimate of drug-likeness (QED) is 0.124. The van der Waals surface area contributed by atoms with Gasteiger partial charge in [0, 0.05) is 202 Å². The maximum atomic E-state index is 6.52. The Morgan fingerprint density at radius 1 is 0.163 bits per heavy atom. The number of fused-ring (bicyclic) bond motifs is 30. The lowest BCUT2D eigenvalue weighted by Gasteiger charge is -2.12. The van der Waals surface area contributed by atoms with E-state index in [2.05, 4.69) is 334 Å². The van der Waals surface area contributed by atoms with Crippen molar-refractivity contribution in [2.75, 3.05) is 0 Å². The van der Waals surface area contributed by atoms with Crippen molar-refractivity contribution in [3.8, 4) is 101 Å². The van der Waals surface area contributed by atoms with Gasteiger partial charge in [-0.3, -0.25) is 39.9 Å². The van der Waals surface area contributed by atoms with Gasteiger partial charge >= 0.3 is 0 Å². The highest BCUT2D eigenvalue weighted by Gasteiger charge is 2.25. The van der Waals surface area contributed by atoms with Gasteiger partial charge in [-0.25, -0.2) is 15.0 Å². The number of para-hydroxylation sites is 6. The fraction of sp³-hybridized carbons (Fsp3) is 0. The summed E-state index contributed by atoms with van der Waals surface area (Å²) in [5.74, 6) is 0. The minimum Gasteiger partial charge on any atom is -0.455 e. The van der Waals surface area contributed by atoms with Crippen LogP contribution in [0.25, 0.3) is 297 Å². The number of furan rings is 3. The average molecular weight is 1800 g/mol. The summed E-state index contributed by atoms with van der Waals surface area (Å²) in [4.78, 5) is 53.3. The molecule has 0 spiro atoms. The summed E-state index contributed by atoms with van der Waals surface area (Å²) in [5, 5.41) is 22.9. The molecule has 16 aromatic carbocycles. The minimum absolute atomic E-state index is 0.884. The van der Waals surface area contributed by atoms with Gasteiger partial charge in [0.1, 0.15) is 33.5 Å². The largest absolute Gasteiger partial charge is 0.455 e. The second kappa shape index (κ2) is 32.8. The van der Waals surface area contributed by atoms with Crippen molar-refractivity contribution in [3.05, 3.63) is 444 Å². The number of pyridine rings is 11. The zero-order valence-electron chi connectivity index (χ0n) is 75.3. The molecule has 0 aliphatic heterocycles. The molecule has 0 fully saturated rings. The Bertz CT molecular complexity index is 9500. The molecule has 0 atom stereocenters. The second-order valence-electron chi connectivity index (χ2n) is 35.7. The van der Waals surface area contributed by atoms with Crippen LogP contribution in [-0.4, -0.2) is 54.8 Å². The first kappa shape index (κ1) is 80.2. The third-order valence-corrected chi connectivity index (χ3v) is 27.8. The molecule has 0 bridgehead atoms. The summed E-state index contributed by atoms with van der Waals surface area (Å²) in [5.41, 5.74) is 32.2. The fourth-order valence-corrected chi connectivity index (χ4v) is 21.1. The average Bonchev–Trinajstić information content (AvgIpc) is 1.66. The molecular formula is C127H73N11O3. The van der Waals surface area contributed by atoms with Crippen molar-refractivity contribution in [1.29, 1.82) is 0 Å². The highest BCUT2D eigenvalue weighted by Crippen LogP contribution is 2.48. The zero-order valence-corrected chi connectivity index (χ0v) is 75.3. The predicted molar refractivity (Wildman–Crippen MR) is 576 cm³/mol. The number of aromatic nitrogens is 11. The lowest BCUT2D eigenvalue weighted by molar-refractivity contribution is 0.672. The number of nitrogens with zero attached hydrogens (tertiary/aromatic N) is 11. The minimum atomic E-state index is 0.884. The van der Waals surface area contributed by atoms with Gasteiger partial charge < -0.3 is 13.3 Å². The number of hydrogen-bond donors (Lipinski definition) is 0. The van der Waals surface area contributed by atoms with E-state index >= 15 is 0 Å². The summed E-state index contributed by atoms with van der Waals surface area (Å²) in [6.45, 7) is 0. The Morgan fingerprint density at radius 3 is 0.908 bits per heavy atom. The van der Waals surface area contributed by atoms with Crippen LogP contribution in [-0.2, 0) is 0 Å². The zero-order chi connectivity index (χ0) is 92.7. The monoisotopic (exact) mass is 1800 g/mol. The van der Waals surface area contributed by atoms with E-state index in [1.54, 1.807) is 0 Å². The highest BCUT2D eigenvalue weighted by atomic mass is 16.3. The van der Waals surface area contributed by atoms with E-state index in [-0.39, 0.29) is 0 Å². The molecule has 141 heavy (non-hydrogen) atoms. The summed E-state index contributed by atoms with van der Waals surface area (Å²) in [6.07, 6.45) is 14.9. The standard InChI is InChI=1S/C43H25N3O.2C42H24N4O/c1-3-12-37-35(11-1)39-36(21-20-34-32-10-2-4-13-38(32)47-43(34)39)40(46-37)30-8-5-7-29(25-30)26-14-16-27(17-15-26)31-22-24-45-42-33(31)19-18-28-9-6-23-44-41(28)42;1-3-12-36-33(11-1)38-34(18-17-32-30-10-2-4-13-37(30)47-42(32)38)39(46-36)27-8-5-7-26(23-27)35-19-15-28(24-45-35)29-20-22-44-41-31(29)16-14-25-9-6-21-43-40(25)41;1-3-12-36-33(11-1)38-34(18-17-32-30-10-2-4-13-37(30)47-42(32)38)39(46-36)27-8-5-7-26(23-27)28-15-19-35(45-24-28)29-20-22-44-41-31(29)16-14-25-9-6-21-43-40(25)41/h1-25H;2*1-24H. The molecule has 0 saturated carbocycles. The first-order valence-corrected chi connectivity index (χ1v) is 47.0. The van der Waals surface area contributed by atoms with Crippen molar-refractivity contribution in [2.45, 2.75) is 0 Å². The topological polar surface area (TPSA) is 181 Å². The summed E-state index contributed by atoms with van der Waals surface area (Å²) in [7, 11) is 0. The van der Waals surface area contributed by atoms with Crippen molar-refractivity contribution < 1.29 is 13.3 Å². The number of benzene rings is 16. The molecule has 0 N–H and O–H groups in total. The summed E-state index contributed by atoms with van der Waals surface area (Å²) < 4.78 is 19.5. The molecule has 14 aromatic heterocycles. The normalized spacial score (nSPS) is 11.8. The van der Waals surface area contributed by atoms with Crippen molar-refractivity contribution >= 4 is 196 Å². The Morgan fingerprint density at radius 2 is 0.482 bits per heavy atom. The van der Waals surface area contributed by atoms with Crippen LogP contribution in [0.15, 0.2) is 457 Å². The van der Waals surface area contributed by atoms with Crippen LogP contribution >= 0.6 is 0 Å². The van der Waals surface area contributed by atoms with Crippen molar-refractivity contribution in [3.63, 3.8) is 0 Å². The van der Waals surface area contributed by atoms with Crippen molar-refractivity contribution in [2.24, 2.45) is 0 Å². The van der Waals surface area contributed by atoms with E-state index in [9.17, 15) is 0 Å². The van der Waals surface area contributed by atoms with Crippen LogP contribution in [0.2, 0.25) is 0 Å². The van der Waals surface area contributed by atoms with E-state index in [1.807, 2.05) is 135 Å². The first-order chi connectivity index (χ1) is 69.9. The Hall–Kier alpha value is -19.3. The summed E-state index contributed by atoms with van der Waals surface area (Å²) in [6, 6.07) is 137. The van der Waals surface area contributed by atoms with E-state index in [4.69, 9.17) is 43.2 Å². The lowest BCUT2D eigenvalue weighted by Crippen LogP contribution is -1.92. The van der Waals surface area contributed by atoms with Crippen LogP contribution in [0, 0.1) is 0 Å². The molecule has 14 heteroatoms. The molecule has 0 unspecified atom stereocenters. The van der Waals surface area contributed by atoms with Crippen LogP contribution in [0.4, 0.5) is 0 Å².